The monoisotopic (exact) mass is 343 g/mol. The van der Waals surface area contributed by atoms with Crippen molar-refractivity contribution in [2.45, 2.75) is 13.1 Å². The summed E-state index contributed by atoms with van der Waals surface area (Å²) in [4.78, 5) is 40.1. The van der Waals surface area contributed by atoms with E-state index in [1.165, 1.54) is 0 Å². The van der Waals surface area contributed by atoms with Gasteiger partial charge < -0.3 is 10.2 Å². The molecule has 1 fully saturated rings. The molecule has 1 aliphatic heterocycles. The highest BCUT2D eigenvalue weighted by atomic mass is 32.1. The van der Waals surface area contributed by atoms with E-state index in [1.807, 2.05) is 17.5 Å². The molecule has 0 aliphatic carbocycles. The fourth-order valence-corrected chi connectivity index (χ4v) is 3.32. The van der Waals surface area contributed by atoms with Gasteiger partial charge in [0.05, 0.1) is 19.6 Å². The van der Waals surface area contributed by atoms with Crippen LogP contribution in [0.25, 0.3) is 0 Å². The molecule has 1 aliphatic rings. The summed E-state index contributed by atoms with van der Waals surface area (Å²) in [5.41, 5.74) is 1.16. The van der Waals surface area contributed by atoms with Crippen molar-refractivity contribution in [1.82, 2.24) is 15.1 Å². The average molecular weight is 343 g/mol. The number of amides is 4. The molecular formula is C17H17N3O3S. The van der Waals surface area contributed by atoms with Crippen molar-refractivity contribution in [3.8, 4) is 0 Å². The number of nitrogens with zero attached hydrogens (tertiary/aromatic N) is 2. The zero-order valence-corrected chi connectivity index (χ0v) is 14.0. The number of urea groups is 1. The van der Waals surface area contributed by atoms with E-state index >= 15 is 0 Å². The third-order valence-electron chi connectivity index (χ3n) is 3.83. The number of benzene rings is 1. The summed E-state index contributed by atoms with van der Waals surface area (Å²) in [6.45, 7) is 0.626. The number of imide groups is 1. The molecule has 2 heterocycles. The van der Waals surface area contributed by atoms with E-state index in [0.29, 0.717) is 17.7 Å². The zero-order valence-electron chi connectivity index (χ0n) is 13.2. The number of hydrogen-bond donors (Lipinski definition) is 1. The lowest BCUT2D eigenvalue weighted by atomic mass is 10.1. The van der Waals surface area contributed by atoms with Crippen LogP contribution in [0.3, 0.4) is 0 Å². The van der Waals surface area contributed by atoms with E-state index < -0.39 is 6.03 Å². The molecule has 1 N–H and O–H groups in total. The van der Waals surface area contributed by atoms with Gasteiger partial charge in [0.2, 0.25) is 5.91 Å². The van der Waals surface area contributed by atoms with E-state index in [9.17, 15) is 14.4 Å². The Balaban J connectivity index is 1.79. The number of nitrogens with one attached hydrogen (secondary N) is 1. The summed E-state index contributed by atoms with van der Waals surface area (Å²) >= 11 is 1.60. The van der Waals surface area contributed by atoms with Crippen molar-refractivity contribution in [3.05, 3.63) is 57.8 Å². The number of thiophene rings is 1. The van der Waals surface area contributed by atoms with Crippen LogP contribution in [0.15, 0.2) is 41.8 Å². The first-order valence-corrected chi connectivity index (χ1v) is 8.38. The van der Waals surface area contributed by atoms with Gasteiger partial charge in [0, 0.05) is 17.5 Å². The Morgan fingerprint density at radius 1 is 1.25 bits per heavy atom. The minimum Gasteiger partial charge on any atom is -0.337 e. The van der Waals surface area contributed by atoms with Crippen LogP contribution >= 0.6 is 11.3 Å². The van der Waals surface area contributed by atoms with Gasteiger partial charge in [-0.05, 0) is 23.1 Å². The van der Waals surface area contributed by atoms with Crippen molar-refractivity contribution in [3.63, 3.8) is 0 Å². The Morgan fingerprint density at radius 2 is 2.04 bits per heavy atom. The Bertz CT molecular complexity index is 757. The van der Waals surface area contributed by atoms with E-state index in [2.05, 4.69) is 5.32 Å². The summed E-state index contributed by atoms with van der Waals surface area (Å²) in [6, 6.07) is 10.6. The minimum absolute atomic E-state index is 0.00717. The van der Waals surface area contributed by atoms with E-state index in [-0.39, 0.29) is 24.9 Å². The fourth-order valence-electron chi connectivity index (χ4n) is 2.57. The molecule has 24 heavy (non-hydrogen) atoms. The van der Waals surface area contributed by atoms with Crippen molar-refractivity contribution in [2.24, 2.45) is 0 Å². The topological polar surface area (TPSA) is 69.7 Å². The highest BCUT2D eigenvalue weighted by molar-refractivity contribution is 7.09. The highest BCUT2D eigenvalue weighted by Crippen LogP contribution is 2.18. The Morgan fingerprint density at radius 3 is 2.71 bits per heavy atom. The zero-order chi connectivity index (χ0) is 17.1. The first-order valence-electron chi connectivity index (χ1n) is 7.50. The molecule has 6 nitrogen and oxygen atoms in total. The van der Waals surface area contributed by atoms with Gasteiger partial charge in [-0.15, -0.1) is 11.3 Å². The largest absolute Gasteiger partial charge is 0.337 e. The Hall–Kier alpha value is -2.67. The van der Waals surface area contributed by atoms with E-state index in [1.54, 1.807) is 47.5 Å². The average Bonchev–Trinajstić information content (AvgIpc) is 3.20. The van der Waals surface area contributed by atoms with Gasteiger partial charge in [-0.2, -0.15) is 0 Å². The lowest BCUT2D eigenvalue weighted by Crippen LogP contribution is -2.32. The quantitative estimate of drug-likeness (QED) is 0.845. The molecule has 0 unspecified atom stereocenters. The maximum Gasteiger partial charge on any atom is 0.324 e. The standard InChI is InChI=1S/C17H17N3O3S/c1-19(11-13-6-4-8-24-13)16(22)14-7-3-2-5-12(14)10-20-15(21)9-18-17(20)23/h2-8H,9-11H2,1H3,(H,18,23). The van der Waals surface area contributed by atoms with Crippen LogP contribution in [0.2, 0.25) is 0 Å². The molecule has 1 aromatic carbocycles. The number of rotatable bonds is 5. The normalized spacial score (nSPS) is 14.0. The van der Waals surface area contributed by atoms with Gasteiger partial charge in [-0.3, -0.25) is 14.5 Å². The molecule has 4 amide bonds. The minimum atomic E-state index is -0.422. The predicted octanol–water partition coefficient (Wildman–Crippen LogP) is 2.07. The highest BCUT2D eigenvalue weighted by Gasteiger charge is 2.29. The lowest BCUT2D eigenvalue weighted by molar-refractivity contribution is -0.125. The predicted molar refractivity (Wildman–Crippen MR) is 90.5 cm³/mol. The summed E-state index contributed by atoms with van der Waals surface area (Å²) in [7, 11) is 1.74. The number of carbonyl (C=O) groups is 3. The van der Waals surface area contributed by atoms with Crippen molar-refractivity contribution >= 4 is 29.2 Å². The summed E-state index contributed by atoms with van der Waals surface area (Å²) in [6.07, 6.45) is 0. The van der Waals surface area contributed by atoms with Crippen molar-refractivity contribution < 1.29 is 14.4 Å². The van der Waals surface area contributed by atoms with Crippen LogP contribution in [0, 0.1) is 0 Å². The van der Waals surface area contributed by atoms with E-state index in [0.717, 1.165) is 9.78 Å². The molecule has 7 heteroatoms. The third kappa shape index (κ3) is 3.30. The van der Waals surface area contributed by atoms with Gasteiger partial charge in [-0.1, -0.05) is 24.3 Å². The summed E-state index contributed by atoms with van der Waals surface area (Å²) in [5, 5.41) is 4.46. The maximum atomic E-state index is 12.8. The first kappa shape index (κ1) is 16.2. The van der Waals surface area contributed by atoms with Crippen LogP contribution < -0.4 is 5.32 Å². The fraction of sp³-hybridized carbons (Fsp3) is 0.235. The number of carbonyl (C=O) groups excluding carboxylic acids is 3. The SMILES string of the molecule is CN(Cc1cccs1)C(=O)c1ccccc1CN1C(=O)CNC1=O. The van der Waals surface area contributed by atoms with Crippen LogP contribution in [0.5, 0.6) is 0 Å². The summed E-state index contributed by atoms with van der Waals surface area (Å²) < 4.78 is 0. The smallest absolute Gasteiger partial charge is 0.324 e. The van der Waals surface area contributed by atoms with Crippen LogP contribution in [0.1, 0.15) is 20.8 Å². The second-order valence-electron chi connectivity index (χ2n) is 5.54. The molecule has 0 spiro atoms. The molecule has 1 saturated heterocycles. The van der Waals surface area contributed by atoms with Crippen molar-refractivity contribution in [1.29, 1.82) is 0 Å². The molecule has 0 radical (unpaired) electrons. The van der Waals surface area contributed by atoms with Gasteiger partial charge in [-0.25, -0.2) is 4.79 Å². The van der Waals surface area contributed by atoms with Gasteiger partial charge in [0.1, 0.15) is 0 Å². The molecule has 2 aromatic rings. The van der Waals surface area contributed by atoms with Gasteiger partial charge >= 0.3 is 6.03 Å². The van der Waals surface area contributed by atoms with E-state index in [4.69, 9.17) is 0 Å². The molecule has 124 valence electrons. The molecule has 0 saturated carbocycles. The maximum absolute atomic E-state index is 12.8. The Labute approximate surface area is 143 Å². The summed E-state index contributed by atoms with van der Waals surface area (Å²) in [5.74, 6) is -0.416. The number of hydrogen-bond acceptors (Lipinski definition) is 4. The second-order valence-corrected chi connectivity index (χ2v) is 6.57. The molecule has 3 rings (SSSR count). The molecule has 0 atom stereocenters. The Kier molecular flexibility index (Phi) is 4.61. The molecule has 0 bridgehead atoms. The molecule has 1 aromatic heterocycles. The lowest BCUT2D eigenvalue weighted by Gasteiger charge is -2.20. The van der Waals surface area contributed by atoms with Crippen LogP contribution in [-0.4, -0.2) is 41.2 Å². The van der Waals surface area contributed by atoms with Crippen molar-refractivity contribution in [2.75, 3.05) is 13.6 Å². The third-order valence-corrected chi connectivity index (χ3v) is 4.69. The second kappa shape index (κ2) is 6.84. The van der Waals surface area contributed by atoms with Gasteiger partial charge in [0.25, 0.3) is 5.91 Å². The van der Waals surface area contributed by atoms with Crippen LogP contribution in [-0.2, 0) is 17.9 Å². The van der Waals surface area contributed by atoms with Gasteiger partial charge in [0.15, 0.2) is 0 Å². The van der Waals surface area contributed by atoms with Crippen LogP contribution in [0.4, 0.5) is 4.79 Å². The first-order chi connectivity index (χ1) is 11.6. The molecular weight excluding hydrogens is 326 g/mol.